The van der Waals surface area contributed by atoms with Gasteiger partial charge in [0.05, 0.1) is 0 Å². The Morgan fingerprint density at radius 1 is 1.67 bits per heavy atom. The van der Waals surface area contributed by atoms with Crippen LogP contribution in [0.4, 0.5) is 0 Å². The minimum atomic E-state index is -1.50. The summed E-state index contributed by atoms with van der Waals surface area (Å²) in [6.07, 6.45) is 0. The van der Waals surface area contributed by atoms with Crippen molar-refractivity contribution >= 4 is 26.2 Å². The van der Waals surface area contributed by atoms with Crippen LogP contribution < -0.4 is 0 Å². The molecular formula is H6BiNO4. The molecule has 6 heteroatoms. The van der Waals surface area contributed by atoms with Crippen molar-refractivity contribution in [2.45, 2.75) is 0 Å². The van der Waals surface area contributed by atoms with Gasteiger partial charge >= 0.3 is 26.2 Å². The third-order valence-electron chi connectivity index (χ3n) is 0. The molecule has 0 spiro atoms. The molecule has 5 nitrogen and oxygen atoms in total. The summed E-state index contributed by atoms with van der Waals surface area (Å²) in [4.78, 5) is 8.36. The second kappa shape index (κ2) is 8.90. The van der Waals surface area contributed by atoms with Gasteiger partial charge in [0.1, 0.15) is 0 Å². The van der Waals surface area contributed by atoms with Gasteiger partial charge < -0.3 is 10.7 Å². The van der Waals surface area contributed by atoms with E-state index in [1.165, 1.54) is 0 Å². The molecule has 0 radical (unpaired) electrons. The van der Waals surface area contributed by atoms with Crippen LogP contribution in [0.2, 0.25) is 0 Å². The molecule has 0 aliphatic rings. The first-order valence-corrected chi connectivity index (χ1v) is 0.565. The van der Waals surface area contributed by atoms with Crippen LogP contribution in [0.15, 0.2) is 0 Å². The topological polar surface area (TPSA) is 94.9 Å². The summed E-state index contributed by atoms with van der Waals surface area (Å²) in [5, 5.41) is 13.6. The molecule has 0 amide bonds. The van der Waals surface area contributed by atoms with E-state index in [-0.39, 0.29) is 31.7 Å². The van der Waals surface area contributed by atoms with Gasteiger partial charge in [-0.15, -0.1) is 10.1 Å². The van der Waals surface area contributed by atoms with Crippen molar-refractivity contribution < 1.29 is 15.8 Å². The zero-order valence-electron chi connectivity index (χ0n) is 2.92. The Morgan fingerprint density at radius 2 is 1.67 bits per heavy atom. The number of hydrogen-bond acceptors (Lipinski definition) is 2. The summed E-state index contributed by atoms with van der Waals surface area (Å²) in [7, 11) is 0. The van der Waals surface area contributed by atoms with Gasteiger partial charge in [-0.2, -0.15) is 0 Å². The summed E-state index contributed by atoms with van der Waals surface area (Å²) < 4.78 is 0. The molecule has 0 saturated carbocycles. The molecule has 0 heterocycles. The fourth-order valence-electron chi connectivity index (χ4n) is 0. The van der Waals surface area contributed by atoms with Crippen LogP contribution in [0.1, 0.15) is 0 Å². The van der Waals surface area contributed by atoms with E-state index < -0.39 is 5.09 Å². The molecule has 0 saturated heterocycles. The van der Waals surface area contributed by atoms with E-state index >= 15 is 0 Å². The molecule has 0 bridgehead atoms. The first kappa shape index (κ1) is 16.6. The van der Waals surface area contributed by atoms with E-state index in [0.717, 1.165) is 0 Å². The summed E-state index contributed by atoms with van der Waals surface area (Å²) in [5.74, 6) is 0. The van der Waals surface area contributed by atoms with Crippen LogP contribution in [0.3, 0.4) is 0 Å². The number of nitrogens with zero attached hydrogens (tertiary/aromatic N) is 1. The monoisotopic (exact) mass is 293 g/mol. The van der Waals surface area contributed by atoms with E-state index in [4.69, 9.17) is 15.3 Å². The van der Waals surface area contributed by atoms with Crippen LogP contribution in [-0.2, 0) is 0 Å². The second-order valence-electron chi connectivity index (χ2n) is 0.238. The Bertz CT molecular complexity index is 30.5. The molecule has 0 unspecified atom stereocenters. The van der Waals surface area contributed by atoms with Crippen molar-refractivity contribution in [2.75, 3.05) is 0 Å². The standard InChI is InChI=1S/Bi.HNO3.H2O.3H/c;2-1(3)4;;;;/h;(H,2,3,4);1H2;;;. The normalized spacial score (nSPS) is 4.00. The second-order valence-corrected chi connectivity index (χ2v) is 0.238. The molecular weight excluding hydrogens is 287 g/mol. The van der Waals surface area contributed by atoms with Crippen LogP contribution in [-0.4, -0.2) is 42.0 Å². The molecule has 0 fully saturated rings. The van der Waals surface area contributed by atoms with Crippen molar-refractivity contribution in [1.29, 1.82) is 0 Å². The predicted molar refractivity (Wildman–Crippen MR) is 22.3 cm³/mol. The van der Waals surface area contributed by atoms with Gasteiger partial charge in [0.2, 0.25) is 0 Å². The molecule has 0 aromatic rings. The maximum absolute atomic E-state index is 8.36. The van der Waals surface area contributed by atoms with Crippen molar-refractivity contribution in [2.24, 2.45) is 0 Å². The Balaban J connectivity index is -0.0000000450. The molecule has 0 aliphatic heterocycles. The van der Waals surface area contributed by atoms with Crippen molar-refractivity contribution in [3.8, 4) is 0 Å². The van der Waals surface area contributed by atoms with Gasteiger partial charge in [-0.3, -0.25) is 0 Å². The van der Waals surface area contributed by atoms with Gasteiger partial charge in [0.15, 0.2) is 0 Å². The third-order valence-corrected chi connectivity index (χ3v) is 0. The molecule has 0 rings (SSSR count). The Labute approximate surface area is 52.5 Å². The van der Waals surface area contributed by atoms with Gasteiger partial charge in [0.25, 0.3) is 5.09 Å². The van der Waals surface area contributed by atoms with Crippen molar-refractivity contribution in [1.82, 2.24) is 0 Å². The Hall–Kier alpha value is 0.0431. The Morgan fingerprint density at radius 3 is 1.67 bits per heavy atom. The van der Waals surface area contributed by atoms with Gasteiger partial charge in [0, 0.05) is 0 Å². The average Bonchev–Trinajstić information content (AvgIpc) is 0.811. The fraction of sp³-hybridized carbons (Fsp3) is 0. The quantitative estimate of drug-likeness (QED) is 0.307. The molecule has 0 aliphatic carbocycles. The Kier molecular flexibility index (Phi) is 24.6. The van der Waals surface area contributed by atoms with Gasteiger partial charge in [-0.25, -0.2) is 0 Å². The fourth-order valence-corrected chi connectivity index (χ4v) is 0. The summed E-state index contributed by atoms with van der Waals surface area (Å²) in [5.41, 5.74) is 0. The molecule has 0 atom stereocenters. The van der Waals surface area contributed by atoms with E-state index in [0.29, 0.717) is 0 Å². The van der Waals surface area contributed by atoms with E-state index in [1.54, 1.807) is 0 Å². The van der Waals surface area contributed by atoms with E-state index in [2.05, 4.69) is 0 Å². The van der Waals surface area contributed by atoms with E-state index in [9.17, 15) is 0 Å². The minimum absolute atomic E-state index is 0. The molecule has 40 valence electrons. The SMILES string of the molecule is O.O=[N+]([O-])O.[BiH3]. The summed E-state index contributed by atoms with van der Waals surface area (Å²) in [6, 6.07) is 0. The van der Waals surface area contributed by atoms with Crippen LogP contribution in [0.25, 0.3) is 0 Å². The van der Waals surface area contributed by atoms with Crippen molar-refractivity contribution in [3.05, 3.63) is 10.1 Å². The molecule has 6 heavy (non-hydrogen) atoms. The predicted octanol–water partition coefficient (Wildman–Crippen LogP) is -2.36. The number of rotatable bonds is 0. The first-order chi connectivity index (χ1) is 1.73. The molecule has 0 aromatic carbocycles. The van der Waals surface area contributed by atoms with Crippen LogP contribution in [0.5, 0.6) is 0 Å². The molecule has 0 aromatic heterocycles. The van der Waals surface area contributed by atoms with Crippen LogP contribution in [0, 0.1) is 10.1 Å². The molecule has 3 N–H and O–H groups in total. The van der Waals surface area contributed by atoms with Crippen LogP contribution >= 0.6 is 0 Å². The van der Waals surface area contributed by atoms with Gasteiger partial charge in [-0.1, -0.05) is 0 Å². The zero-order chi connectivity index (χ0) is 3.58. The number of hydrogen-bond donors (Lipinski definition) is 1. The van der Waals surface area contributed by atoms with E-state index in [1.807, 2.05) is 0 Å². The van der Waals surface area contributed by atoms with Crippen molar-refractivity contribution in [3.63, 3.8) is 0 Å². The third kappa shape index (κ3) is 20100. The first-order valence-electron chi connectivity index (χ1n) is 0.565. The maximum atomic E-state index is 8.36. The summed E-state index contributed by atoms with van der Waals surface area (Å²) in [6.45, 7) is 0. The summed E-state index contributed by atoms with van der Waals surface area (Å²) >= 11 is 0. The zero-order valence-corrected chi connectivity index (χ0v) is 8.42. The van der Waals surface area contributed by atoms with Gasteiger partial charge in [-0.05, 0) is 0 Å². The average molecular weight is 293 g/mol.